The second-order valence-corrected chi connectivity index (χ2v) is 8.15. The van der Waals surface area contributed by atoms with Gasteiger partial charge in [-0.1, -0.05) is 47.1 Å². The van der Waals surface area contributed by atoms with E-state index in [9.17, 15) is 9.59 Å². The van der Waals surface area contributed by atoms with Crippen molar-refractivity contribution in [1.29, 1.82) is 0 Å². The van der Waals surface area contributed by atoms with Crippen LogP contribution in [0.3, 0.4) is 0 Å². The molecule has 0 atom stereocenters. The standard InChI is InChI=1S/C25H20BrN3O4/c1-2-23-28-21-11-10-19(26)13-20(21)24(30)29(23)27-14-18-7-3-4-9-22(18)33-15-16-6-5-8-17(12-16)25(31)32/h3-14H,2,15H2,1H3,(H,31,32). The van der Waals surface area contributed by atoms with Crippen LogP contribution in [-0.4, -0.2) is 27.0 Å². The molecule has 0 spiro atoms. The Morgan fingerprint density at radius 1 is 1.15 bits per heavy atom. The van der Waals surface area contributed by atoms with Crippen LogP contribution in [0.4, 0.5) is 0 Å². The average Bonchev–Trinajstić information content (AvgIpc) is 2.83. The summed E-state index contributed by atoms with van der Waals surface area (Å²) in [4.78, 5) is 28.8. The Morgan fingerprint density at radius 3 is 2.76 bits per heavy atom. The van der Waals surface area contributed by atoms with Gasteiger partial charge in [-0.3, -0.25) is 4.79 Å². The fourth-order valence-electron chi connectivity index (χ4n) is 3.34. The molecule has 1 heterocycles. The number of hydrogen-bond acceptors (Lipinski definition) is 5. The van der Waals surface area contributed by atoms with Crippen molar-refractivity contribution in [3.05, 3.63) is 104 Å². The molecular weight excluding hydrogens is 486 g/mol. The Morgan fingerprint density at radius 2 is 1.97 bits per heavy atom. The lowest BCUT2D eigenvalue weighted by Crippen LogP contribution is -2.22. The van der Waals surface area contributed by atoms with Crippen LogP contribution in [0.25, 0.3) is 10.9 Å². The van der Waals surface area contributed by atoms with Crippen molar-refractivity contribution in [2.24, 2.45) is 5.10 Å². The number of benzene rings is 3. The second kappa shape index (κ2) is 9.79. The number of carboxylic acid groups (broad SMARTS) is 1. The molecular formula is C25H20BrN3O4. The quantitative estimate of drug-likeness (QED) is 0.361. The molecule has 0 amide bonds. The minimum absolute atomic E-state index is 0.192. The summed E-state index contributed by atoms with van der Waals surface area (Å²) in [5.74, 6) is 0.122. The topological polar surface area (TPSA) is 93.8 Å². The maximum atomic E-state index is 13.1. The van der Waals surface area contributed by atoms with Crippen LogP contribution in [0, 0.1) is 0 Å². The highest BCUT2D eigenvalue weighted by Gasteiger charge is 2.10. The number of para-hydroxylation sites is 1. The van der Waals surface area contributed by atoms with Crippen LogP contribution in [0.2, 0.25) is 0 Å². The van der Waals surface area contributed by atoms with Crippen molar-refractivity contribution < 1.29 is 14.6 Å². The summed E-state index contributed by atoms with van der Waals surface area (Å²) in [7, 11) is 0. The monoisotopic (exact) mass is 505 g/mol. The average molecular weight is 506 g/mol. The van der Waals surface area contributed by atoms with Crippen LogP contribution in [-0.2, 0) is 13.0 Å². The highest BCUT2D eigenvalue weighted by Crippen LogP contribution is 2.19. The SMILES string of the molecule is CCc1nc2ccc(Br)cc2c(=O)n1N=Cc1ccccc1OCc1cccc(C(=O)O)c1. The van der Waals surface area contributed by atoms with Gasteiger partial charge in [0.25, 0.3) is 5.56 Å². The Hall–Kier alpha value is -3.78. The second-order valence-electron chi connectivity index (χ2n) is 7.24. The van der Waals surface area contributed by atoms with Crippen molar-refractivity contribution in [2.45, 2.75) is 20.0 Å². The zero-order valence-electron chi connectivity index (χ0n) is 17.7. The van der Waals surface area contributed by atoms with Gasteiger partial charge in [0, 0.05) is 16.5 Å². The number of ether oxygens (including phenoxy) is 1. The Kier molecular flexibility index (Phi) is 6.65. The summed E-state index contributed by atoms with van der Waals surface area (Å²) >= 11 is 3.40. The van der Waals surface area contributed by atoms with Crippen LogP contribution in [0.15, 0.2) is 81.1 Å². The van der Waals surface area contributed by atoms with Crippen LogP contribution in [0.1, 0.15) is 34.2 Å². The first-order valence-electron chi connectivity index (χ1n) is 10.3. The fraction of sp³-hybridized carbons (Fsp3) is 0.120. The van der Waals surface area contributed by atoms with Gasteiger partial charge in [-0.2, -0.15) is 9.78 Å². The van der Waals surface area contributed by atoms with E-state index in [4.69, 9.17) is 9.84 Å². The van der Waals surface area contributed by atoms with Crippen LogP contribution < -0.4 is 10.3 Å². The number of hydrogen-bond donors (Lipinski definition) is 1. The predicted molar refractivity (Wildman–Crippen MR) is 130 cm³/mol. The van der Waals surface area contributed by atoms with E-state index in [1.54, 1.807) is 42.6 Å². The molecule has 33 heavy (non-hydrogen) atoms. The first kappa shape index (κ1) is 22.4. The number of aromatic nitrogens is 2. The Bertz CT molecular complexity index is 1430. The smallest absolute Gasteiger partial charge is 0.335 e. The number of nitrogens with zero attached hydrogens (tertiary/aromatic N) is 3. The maximum absolute atomic E-state index is 13.1. The minimum atomic E-state index is -0.988. The summed E-state index contributed by atoms with van der Waals surface area (Å²) in [5, 5.41) is 14.1. The summed E-state index contributed by atoms with van der Waals surface area (Å²) in [6.45, 7) is 2.11. The van der Waals surface area contributed by atoms with E-state index in [0.29, 0.717) is 34.5 Å². The third-order valence-electron chi connectivity index (χ3n) is 4.99. The molecule has 4 aromatic rings. The van der Waals surface area contributed by atoms with E-state index >= 15 is 0 Å². The molecule has 1 N–H and O–H groups in total. The number of aromatic carboxylic acids is 1. The van der Waals surface area contributed by atoms with Crippen molar-refractivity contribution in [2.75, 3.05) is 0 Å². The molecule has 0 aliphatic heterocycles. The first-order valence-corrected chi connectivity index (χ1v) is 11.0. The van der Waals surface area contributed by atoms with Crippen molar-refractivity contribution in [3.8, 4) is 5.75 Å². The number of fused-ring (bicyclic) bond motifs is 1. The Labute approximate surface area is 198 Å². The zero-order valence-corrected chi connectivity index (χ0v) is 19.3. The number of rotatable bonds is 7. The fourth-order valence-corrected chi connectivity index (χ4v) is 3.70. The van der Waals surface area contributed by atoms with Gasteiger partial charge in [0.1, 0.15) is 18.2 Å². The highest BCUT2D eigenvalue weighted by molar-refractivity contribution is 9.10. The molecule has 0 aliphatic carbocycles. The number of carboxylic acids is 1. The molecule has 0 fully saturated rings. The van der Waals surface area contributed by atoms with Gasteiger partial charge in [-0.25, -0.2) is 9.78 Å². The van der Waals surface area contributed by atoms with E-state index in [1.165, 1.54) is 10.7 Å². The van der Waals surface area contributed by atoms with Crippen molar-refractivity contribution in [3.63, 3.8) is 0 Å². The largest absolute Gasteiger partial charge is 0.488 e. The van der Waals surface area contributed by atoms with Crippen molar-refractivity contribution in [1.82, 2.24) is 9.66 Å². The molecule has 0 radical (unpaired) electrons. The van der Waals surface area contributed by atoms with Gasteiger partial charge in [0.2, 0.25) is 0 Å². The molecule has 1 aromatic heterocycles. The summed E-state index contributed by atoms with van der Waals surface area (Å²) in [6.07, 6.45) is 2.10. The molecule has 166 valence electrons. The third kappa shape index (κ3) is 5.01. The molecule has 8 heteroatoms. The van der Waals surface area contributed by atoms with E-state index in [2.05, 4.69) is 26.0 Å². The molecule has 0 unspecified atom stereocenters. The van der Waals surface area contributed by atoms with Gasteiger partial charge < -0.3 is 9.84 Å². The van der Waals surface area contributed by atoms with Crippen LogP contribution in [0.5, 0.6) is 5.75 Å². The van der Waals surface area contributed by atoms with E-state index in [1.807, 2.05) is 31.2 Å². The van der Waals surface area contributed by atoms with E-state index in [-0.39, 0.29) is 17.7 Å². The van der Waals surface area contributed by atoms with Crippen LogP contribution >= 0.6 is 15.9 Å². The molecule has 0 aliphatic rings. The molecule has 0 saturated heterocycles. The zero-order chi connectivity index (χ0) is 23.4. The number of aryl methyl sites for hydroxylation is 1. The van der Waals surface area contributed by atoms with Crippen molar-refractivity contribution >= 4 is 39.0 Å². The van der Waals surface area contributed by atoms with E-state index in [0.717, 1.165) is 10.0 Å². The van der Waals surface area contributed by atoms with Gasteiger partial charge in [0.05, 0.1) is 22.7 Å². The van der Waals surface area contributed by atoms with Gasteiger partial charge in [0.15, 0.2) is 0 Å². The summed E-state index contributed by atoms with van der Waals surface area (Å²) in [6, 6.07) is 19.3. The molecule has 0 saturated carbocycles. The van der Waals surface area contributed by atoms with Gasteiger partial charge in [-0.15, -0.1) is 0 Å². The lowest BCUT2D eigenvalue weighted by atomic mass is 10.1. The number of carbonyl (C=O) groups is 1. The maximum Gasteiger partial charge on any atom is 0.335 e. The third-order valence-corrected chi connectivity index (χ3v) is 5.48. The van der Waals surface area contributed by atoms with E-state index < -0.39 is 5.97 Å². The Balaban J connectivity index is 1.64. The first-order chi connectivity index (χ1) is 16.0. The van der Waals surface area contributed by atoms with Gasteiger partial charge in [-0.05, 0) is 48.0 Å². The molecule has 0 bridgehead atoms. The lowest BCUT2D eigenvalue weighted by molar-refractivity contribution is 0.0696. The molecule has 4 rings (SSSR count). The lowest BCUT2D eigenvalue weighted by Gasteiger charge is -2.10. The normalized spacial score (nSPS) is 11.2. The number of halogens is 1. The van der Waals surface area contributed by atoms with Gasteiger partial charge >= 0.3 is 5.97 Å². The molecule has 7 nitrogen and oxygen atoms in total. The summed E-state index contributed by atoms with van der Waals surface area (Å²) < 4.78 is 8.02. The minimum Gasteiger partial charge on any atom is -0.488 e. The predicted octanol–water partition coefficient (Wildman–Crippen LogP) is 4.88. The highest BCUT2D eigenvalue weighted by atomic mass is 79.9. The molecule has 3 aromatic carbocycles. The summed E-state index contributed by atoms with van der Waals surface area (Å²) in [5.41, 5.74) is 1.98.